The van der Waals surface area contributed by atoms with E-state index in [1.807, 2.05) is 13.8 Å². The maximum atomic E-state index is 13.7. The molecule has 31 heavy (non-hydrogen) atoms. The quantitative estimate of drug-likeness (QED) is 0.508. The molecule has 166 valence electrons. The highest BCUT2D eigenvalue weighted by molar-refractivity contribution is 6.34. The molecule has 0 bridgehead atoms. The Morgan fingerprint density at radius 1 is 1.16 bits per heavy atom. The van der Waals surface area contributed by atoms with Crippen LogP contribution in [-0.4, -0.2) is 41.3 Å². The number of benzene rings is 1. The summed E-state index contributed by atoms with van der Waals surface area (Å²) in [7, 11) is 0. The molecule has 2 amide bonds. The van der Waals surface area contributed by atoms with E-state index in [1.165, 1.54) is 12.1 Å². The molecule has 0 saturated heterocycles. The van der Waals surface area contributed by atoms with Crippen LogP contribution < -0.4 is 10.6 Å². The Labute approximate surface area is 182 Å². The lowest BCUT2D eigenvalue weighted by Crippen LogP contribution is -2.29. The van der Waals surface area contributed by atoms with Crippen LogP contribution in [0.25, 0.3) is 11.6 Å². The first kappa shape index (κ1) is 22.7. The fourth-order valence-electron chi connectivity index (χ4n) is 3.98. The topological polar surface area (TPSA) is 77.2 Å². The maximum Gasteiger partial charge on any atom is 0.256 e. The first-order valence-electron chi connectivity index (χ1n) is 10.9. The summed E-state index contributed by atoms with van der Waals surface area (Å²) in [5.41, 5.74) is 4.63. The van der Waals surface area contributed by atoms with Gasteiger partial charge in [-0.25, -0.2) is 4.39 Å². The van der Waals surface area contributed by atoms with Crippen LogP contribution in [0.5, 0.6) is 0 Å². The van der Waals surface area contributed by atoms with Gasteiger partial charge in [0.25, 0.3) is 5.91 Å². The van der Waals surface area contributed by atoms with Gasteiger partial charge >= 0.3 is 0 Å². The van der Waals surface area contributed by atoms with Crippen molar-refractivity contribution in [3.05, 3.63) is 46.5 Å². The third-order valence-corrected chi connectivity index (χ3v) is 5.53. The van der Waals surface area contributed by atoms with Gasteiger partial charge in [-0.15, -0.1) is 0 Å². The van der Waals surface area contributed by atoms with Crippen LogP contribution in [0.4, 0.5) is 15.8 Å². The Morgan fingerprint density at radius 2 is 1.87 bits per heavy atom. The number of rotatable bonds is 9. The van der Waals surface area contributed by atoms with Crippen LogP contribution >= 0.6 is 0 Å². The molecule has 0 aliphatic carbocycles. The molecule has 2 aromatic rings. The van der Waals surface area contributed by atoms with Crippen LogP contribution in [0.1, 0.15) is 55.6 Å². The number of nitrogens with one attached hydrogen (secondary N) is 3. The third kappa shape index (κ3) is 5.22. The molecule has 6 nitrogen and oxygen atoms in total. The molecule has 0 unspecified atom stereocenters. The van der Waals surface area contributed by atoms with Crippen molar-refractivity contribution in [1.29, 1.82) is 0 Å². The third-order valence-electron chi connectivity index (χ3n) is 5.53. The Kier molecular flexibility index (Phi) is 7.28. The minimum Gasteiger partial charge on any atom is -0.357 e. The normalized spacial score (nSPS) is 14.3. The maximum absolute atomic E-state index is 13.7. The van der Waals surface area contributed by atoms with E-state index in [1.54, 1.807) is 12.1 Å². The van der Waals surface area contributed by atoms with Gasteiger partial charge in [0, 0.05) is 35.6 Å². The van der Waals surface area contributed by atoms with Crippen molar-refractivity contribution in [2.24, 2.45) is 0 Å². The summed E-state index contributed by atoms with van der Waals surface area (Å²) in [6.45, 7) is 10.8. The molecule has 7 heteroatoms. The Hall–Kier alpha value is -2.93. The van der Waals surface area contributed by atoms with Crippen LogP contribution in [0, 0.1) is 19.7 Å². The van der Waals surface area contributed by atoms with Crippen molar-refractivity contribution in [3.63, 3.8) is 0 Å². The van der Waals surface area contributed by atoms with E-state index in [-0.39, 0.29) is 11.8 Å². The largest absolute Gasteiger partial charge is 0.357 e. The molecule has 1 aromatic heterocycles. The molecule has 1 aliphatic heterocycles. The van der Waals surface area contributed by atoms with Gasteiger partial charge in [0.2, 0.25) is 5.91 Å². The number of nitrogens with zero attached hydrogens (tertiary/aromatic N) is 1. The Morgan fingerprint density at radius 3 is 2.55 bits per heavy atom. The number of aryl methyl sites for hydroxylation is 1. The van der Waals surface area contributed by atoms with Crippen molar-refractivity contribution in [2.75, 3.05) is 30.3 Å². The summed E-state index contributed by atoms with van der Waals surface area (Å²) >= 11 is 0. The van der Waals surface area contributed by atoms with Crippen LogP contribution in [-0.2, 0) is 9.59 Å². The summed E-state index contributed by atoms with van der Waals surface area (Å²) in [4.78, 5) is 30.5. The van der Waals surface area contributed by atoms with Crippen molar-refractivity contribution in [1.82, 2.24) is 9.88 Å². The number of hydrogen-bond acceptors (Lipinski definition) is 3. The van der Waals surface area contributed by atoms with Gasteiger partial charge in [-0.1, -0.05) is 13.8 Å². The van der Waals surface area contributed by atoms with E-state index in [0.29, 0.717) is 28.9 Å². The number of halogens is 1. The lowest BCUT2D eigenvalue weighted by atomic mass is 10.0. The molecule has 1 aromatic carbocycles. The molecule has 0 fully saturated rings. The van der Waals surface area contributed by atoms with Gasteiger partial charge < -0.3 is 20.5 Å². The summed E-state index contributed by atoms with van der Waals surface area (Å²) in [5.74, 6) is -0.703. The summed E-state index contributed by atoms with van der Waals surface area (Å²) in [6.07, 6.45) is 4.27. The zero-order chi connectivity index (χ0) is 22.5. The standard InChI is InChI=1S/C24H31FN4O2/c1-5-10-29(11-6-2)12-9-22(30)28-23-15(3)21(26-16(23)4)14-19-18-13-17(25)7-8-20(18)27-24(19)31/h7-8,13-14,26H,5-6,9-12H2,1-4H3,(H,27,31)(H,28,30)/b19-14-. The van der Waals surface area contributed by atoms with Crippen LogP contribution in [0.15, 0.2) is 18.2 Å². The SMILES string of the molecule is CCCN(CCC)CCC(=O)Nc1c(C)[nH]c(/C=C2\C(=O)Nc3ccc(F)cc32)c1C. The molecule has 3 N–H and O–H groups in total. The molecule has 0 radical (unpaired) electrons. The molecular weight excluding hydrogens is 395 g/mol. The second-order valence-corrected chi connectivity index (χ2v) is 8.01. The minimum atomic E-state index is -0.395. The number of H-pyrrole nitrogens is 1. The minimum absolute atomic E-state index is 0.0346. The average Bonchev–Trinajstić information content (AvgIpc) is 3.17. The summed E-state index contributed by atoms with van der Waals surface area (Å²) in [5, 5.41) is 5.77. The number of amides is 2. The van der Waals surface area contributed by atoms with E-state index in [0.717, 1.165) is 49.4 Å². The van der Waals surface area contributed by atoms with Gasteiger partial charge in [-0.2, -0.15) is 0 Å². The molecule has 0 saturated carbocycles. The van der Waals surface area contributed by atoms with Gasteiger partial charge in [-0.3, -0.25) is 9.59 Å². The predicted molar refractivity (Wildman–Crippen MR) is 123 cm³/mol. The highest BCUT2D eigenvalue weighted by Crippen LogP contribution is 2.35. The molecule has 3 rings (SSSR count). The molecule has 0 atom stereocenters. The monoisotopic (exact) mass is 426 g/mol. The number of fused-ring (bicyclic) bond motifs is 1. The first-order chi connectivity index (χ1) is 14.8. The van der Waals surface area contributed by atoms with E-state index in [2.05, 4.69) is 34.4 Å². The second-order valence-electron chi connectivity index (χ2n) is 8.01. The van der Waals surface area contributed by atoms with E-state index >= 15 is 0 Å². The summed E-state index contributed by atoms with van der Waals surface area (Å²) in [6, 6.07) is 4.23. The van der Waals surface area contributed by atoms with Crippen molar-refractivity contribution < 1.29 is 14.0 Å². The van der Waals surface area contributed by atoms with E-state index in [9.17, 15) is 14.0 Å². The first-order valence-corrected chi connectivity index (χ1v) is 10.9. The molecule has 2 heterocycles. The van der Waals surface area contributed by atoms with Gasteiger partial charge in [0.05, 0.1) is 11.3 Å². The number of carbonyl (C=O) groups is 2. The smallest absolute Gasteiger partial charge is 0.256 e. The Bertz CT molecular complexity index is 1000. The van der Waals surface area contributed by atoms with Crippen molar-refractivity contribution in [2.45, 2.75) is 47.0 Å². The highest BCUT2D eigenvalue weighted by Gasteiger charge is 2.25. The summed E-state index contributed by atoms with van der Waals surface area (Å²) < 4.78 is 13.7. The van der Waals surface area contributed by atoms with Crippen LogP contribution in [0.3, 0.4) is 0 Å². The number of anilines is 2. The van der Waals surface area contributed by atoms with Crippen molar-refractivity contribution >= 4 is 34.8 Å². The molecule has 1 aliphatic rings. The number of hydrogen-bond donors (Lipinski definition) is 3. The Balaban J connectivity index is 1.76. The zero-order valence-electron chi connectivity index (χ0n) is 18.7. The average molecular weight is 427 g/mol. The predicted octanol–water partition coefficient (Wildman–Crippen LogP) is 4.71. The second kappa shape index (κ2) is 9.92. The van der Waals surface area contributed by atoms with Gasteiger partial charge in [0.15, 0.2) is 0 Å². The van der Waals surface area contributed by atoms with E-state index < -0.39 is 5.82 Å². The molecule has 0 spiro atoms. The van der Waals surface area contributed by atoms with Crippen LogP contribution in [0.2, 0.25) is 0 Å². The van der Waals surface area contributed by atoms with Gasteiger partial charge in [0.1, 0.15) is 5.82 Å². The molecular formula is C24H31FN4O2. The lowest BCUT2D eigenvalue weighted by Gasteiger charge is -2.20. The number of aromatic amines is 1. The highest BCUT2D eigenvalue weighted by atomic mass is 19.1. The van der Waals surface area contributed by atoms with Gasteiger partial charge in [-0.05, 0) is 69.6 Å². The fraction of sp³-hybridized carbons (Fsp3) is 0.417. The van der Waals surface area contributed by atoms with E-state index in [4.69, 9.17) is 0 Å². The lowest BCUT2D eigenvalue weighted by molar-refractivity contribution is -0.116. The zero-order valence-corrected chi connectivity index (χ0v) is 18.7. The fourth-order valence-corrected chi connectivity index (χ4v) is 3.98. The van der Waals surface area contributed by atoms with Crippen molar-refractivity contribution in [3.8, 4) is 0 Å². The number of carbonyl (C=O) groups excluding carboxylic acids is 2. The number of aromatic nitrogens is 1.